The molecular weight excluding hydrogens is 449 g/mol. The molecule has 0 aliphatic carbocycles. The number of aromatic nitrogens is 2. The van der Waals surface area contributed by atoms with Crippen LogP contribution < -0.4 is 5.32 Å². The van der Waals surface area contributed by atoms with Gasteiger partial charge >= 0.3 is 0 Å². The molecule has 3 rings (SSSR count). The van der Waals surface area contributed by atoms with E-state index in [1.54, 1.807) is 0 Å². The Morgan fingerprint density at radius 1 is 1.00 bits per heavy atom. The summed E-state index contributed by atoms with van der Waals surface area (Å²) in [4.78, 5) is 6.49. The molecule has 0 bridgehead atoms. The van der Waals surface area contributed by atoms with Crippen LogP contribution in [0.4, 0.5) is 0 Å². The summed E-state index contributed by atoms with van der Waals surface area (Å²) in [5.74, 6) is 0.865. The normalized spacial score (nSPS) is 11.0. The number of guanidine groups is 1. The van der Waals surface area contributed by atoms with Crippen molar-refractivity contribution in [1.82, 2.24) is 20.0 Å². The van der Waals surface area contributed by atoms with Gasteiger partial charge in [-0.2, -0.15) is 5.10 Å². The van der Waals surface area contributed by atoms with Crippen molar-refractivity contribution in [1.29, 1.82) is 0 Å². The van der Waals surface area contributed by atoms with Gasteiger partial charge in [0.25, 0.3) is 0 Å². The molecule has 0 amide bonds. The second-order valence-electron chi connectivity index (χ2n) is 6.27. The van der Waals surface area contributed by atoms with E-state index in [4.69, 9.17) is 0 Å². The Hall–Kier alpha value is -2.35. The van der Waals surface area contributed by atoms with Gasteiger partial charge in [0.05, 0.1) is 12.7 Å². The van der Waals surface area contributed by atoms with Gasteiger partial charge < -0.3 is 10.2 Å². The van der Waals surface area contributed by atoms with Crippen molar-refractivity contribution in [2.45, 2.75) is 19.6 Å². The molecule has 1 N–H and O–H groups in total. The molecule has 0 spiro atoms. The third-order valence-electron chi connectivity index (χ3n) is 4.16. The van der Waals surface area contributed by atoms with Crippen LogP contribution in [0, 0.1) is 0 Å². The number of aliphatic imine (C=N–C) groups is 1. The monoisotopic (exact) mass is 475 g/mol. The first-order chi connectivity index (χ1) is 12.7. The molecule has 0 aliphatic rings. The molecule has 0 radical (unpaired) electrons. The number of nitrogens with zero attached hydrogens (tertiary/aromatic N) is 4. The van der Waals surface area contributed by atoms with Crippen LogP contribution in [-0.2, 0) is 19.6 Å². The third kappa shape index (κ3) is 6.39. The number of hydrogen-bond acceptors (Lipinski definition) is 2. The lowest BCUT2D eigenvalue weighted by Crippen LogP contribution is -2.37. The zero-order valence-corrected chi connectivity index (χ0v) is 18.1. The largest absolute Gasteiger partial charge is 0.352 e. The van der Waals surface area contributed by atoms with Crippen LogP contribution in [0.3, 0.4) is 0 Å². The molecule has 27 heavy (non-hydrogen) atoms. The van der Waals surface area contributed by atoms with Gasteiger partial charge in [-0.05, 0) is 11.1 Å². The predicted octanol–water partition coefficient (Wildman–Crippen LogP) is 3.76. The fraction of sp³-hybridized carbons (Fsp3) is 0.238. The Morgan fingerprint density at radius 2 is 1.63 bits per heavy atom. The minimum atomic E-state index is 0. The van der Waals surface area contributed by atoms with E-state index in [2.05, 4.69) is 62.9 Å². The first-order valence-electron chi connectivity index (χ1n) is 8.75. The SMILES string of the molecule is CN=C(NCc1cnn(Cc2ccccc2)c1)N(C)Cc1ccccc1.I. The maximum absolute atomic E-state index is 4.45. The minimum absolute atomic E-state index is 0. The molecule has 1 aromatic heterocycles. The molecule has 0 saturated carbocycles. The van der Waals surface area contributed by atoms with Crippen molar-refractivity contribution in [3.63, 3.8) is 0 Å². The van der Waals surface area contributed by atoms with E-state index >= 15 is 0 Å². The highest BCUT2D eigenvalue weighted by Crippen LogP contribution is 2.05. The maximum atomic E-state index is 4.45. The van der Waals surface area contributed by atoms with Crippen molar-refractivity contribution in [2.75, 3.05) is 14.1 Å². The second-order valence-corrected chi connectivity index (χ2v) is 6.27. The molecule has 0 fully saturated rings. The number of halogens is 1. The van der Waals surface area contributed by atoms with Gasteiger partial charge in [0.15, 0.2) is 5.96 Å². The van der Waals surface area contributed by atoms with Gasteiger partial charge in [0.1, 0.15) is 0 Å². The van der Waals surface area contributed by atoms with Crippen LogP contribution in [0.15, 0.2) is 78.0 Å². The summed E-state index contributed by atoms with van der Waals surface area (Å²) in [5.41, 5.74) is 3.64. The summed E-state index contributed by atoms with van der Waals surface area (Å²) >= 11 is 0. The quantitative estimate of drug-likeness (QED) is 0.336. The van der Waals surface area contributed by atoms with Crippen molar-refractivity contribution in [3.8, 4) is 0 Å². The van der Waals surface area contributed by atoms with Gasteiger partial charge in [-0.3, -0.25) is 9.67 Å². The first-order valence-corrected chi connectivity index (χ1v) is 8.75. The van der Waals surface area contributed by atoms with E-state index < -0.39 is 0 Å². The molecule has 0 aliphatic heterocycles. The number of rotatable bonds is 6. The fourth-order valence-corrected chi connectivity index (χ4v) is 2.85. The highest BCUT2D eigenvalue weighted by atomic mass is 127. The van der Waals surface area contributed by atoms with Crippen LogP contribution >= 0.6 is 24.0 Å². The number of hydrogen-bond donors (Lipinski definition) is 1. The average molecular weight is 475 g/mol. The summed E-state index contributed by atoms with van der Waals surface area (Å²) in [6, 6.07) is 20.7. The van der Waals surface area contributed by atoms with Gasteiger partial charge in [-0.1, -0.05) is 60.7 Å². The first kappa shape index (κ1) is 21.0. The minimum Gasteiger partial charge on any atom is -0.352 e. The van der Waals surface area contributed by atoms with Gasteiger partial charge in [0.2, 0.25) is 0 Å². The lowest BCUT2D eigenvalue weighted by molar-refractivity contribution is 0.476. The molecule has 0 saturated heterocycles. The molecule has 142 valence electrons. The summed E-state index contributed by atoms with van der Waals surface area (Å²) in [5, 5.41) is 7.86. The molecular formula is C21H26IN5. The van der Waals surface area contributed by atoms with Crippen molar-refractivity contribution in [2.24, 2.45) is 4.99 Å². The van der Waals surface area contributed by atoms with Crippen LogP contribution in [0.1, 0.15) is 16.7 Å². The summed E-state index contributed by atoms with van der Waals surface area (Å²) in [6.45, 7) is 2.29. The number of benzene rings is 2. The Bertz CT molecular complexity index is 830. The zero-order chi connectivity index (χ0) is 18.2. The fourth-order valence-electron chi connectivity index (χ4n) is 2.85. The lowest BCUT2D eigenvalue weighted by Gasteiger charge is -2.22. The Labute approximate surface area is 178 Å². The summed E-state index contributed by atoms with van der Waals surface area (Å²) in [6.07, 6.45) is 3.98. The summed E-state index contributed by atoms with van der Waals surface area (Å²) in [7, 11) is 3.85. The Morgan fingerprint density at radius 3 is 2.26 bits per heavy atom. The molecule has 1 heterocycles. The van der Waals surface area contributed by atoms with Crippen molar-refractivity contribution >= 4 is 29.9 Å². The van der Waals surface area contributed by atoms with Crippen molar-refractivity contribution in [3.05, 3.63) is 89.7 Å². The molecule has 6 heteroatoms. The van der Waals surface area contributed by atoms with Gasteiger partial charge in [0, 0.05) is 38.9 Å². The van der Waals surface area contributed by atoms with Crippen LogP contribution in [0.5, 0.6) is 0 Å². The third-order valence-corrected chi connectivity index (χ3v) is 4.16. The zero-order valence-electron chi connectivity index (χ0n) is 15.7. The molecule has 0 unspecified atom stereocenters. The van der Waals surface area contributed by atoms with E-state index in [9.17, 15) is 0 Å². The van der Waals surface area contributed by atoms with Crippen LogP contribution in [0.25, 0.3) is 0 Å². The molecule has 5 nitrogen and oxygen atoms in total. The topological polar surface area (TPSA) is 45.5 Å². The van der Waals surface area contributed by atoms with Crippen molar-refractivity contribution < 1.29 is 0 Å². The van der Waals surface area contributed by atoms with E-state index in [0.29, 0.717) is 6.54 Å². The van der Waals surface area contributed by atoms with E-state index in [1.165, 1.54) is 11.1 Å². The molecule has 2 aromatic carbocycles. The van der Waals surface area contributed by atoms with E-state index in [-0.39, 0.29) is 24.0 Å². The highest BCUT2D eigenvalue weighted by molar-refractivity contribution is 14.0. The highest BCUT2D eigenvalue weighted by Gasteiger charge is 2.07. The molecule has 0 atom stereocenters. The van der Waals surface area contributed by atoms with Gasteiger partial charge in [-0.25, -0.2) is 0 Å². The standard InChI is InChI=1S/C21H25N5.HI/c1-22-21(25(2)15-18-9-5-3-6-10-18)23-13-20-14-24-26(17-20)16-19-11-7-4-8-12-19;/h3-12,14,17H,13,15-16H2,1-2H3,(H,22,23);1H. The summed E-state index contributed by atoms with van der Waals surface area (Å²) < 4.78 is 1.96. The average Bonchev–Trinajstić information content (AvgIpc) is 3.11. The predicted molar refractivity (Wildman–Crippen MR) is 121 cm³/mol. The number of nitrogens with one attached hydrogen (secondary N) is 1. The smallest absolute Gasteiger partial charge is 0.193 e. The molecule has 3 aromatic rings. The second kappa shape index (κ2) is 10.7. The van der Waals surface area contributed by atoms with E-state index in [1.807, 2.05) is 49.2 Å². The van der Waals surface area contributed by atoms with Gasteiger partial charge in [-0.15, -0.1) is 24.0 Å². The lowest BCUT2D eigenvalue weighted by atomic mass is 10.2. The maximum Gasteiger partial charge on any atom is 0.193 e. The van der Waals surface area contributed by atoms with Crippen LogP contribution in [-0.4, -0.2) is 34.7 Å². The Balaban J connectivity index is 0.00000261. The van der Waals surface area contributed by atoms with Crippen LogP contribution in [0.2, 0.25) is 0 Å². The Kier molecular flexibility index (Phi) is 8.32. The van der Waals surface area contributed by atoms with E-state index in [0.717, 1.165) is 24.6 Å².